The van der Waals surface area contributed by atoms with Crippen molar-refractivity contribution in [1.29, 1.82) is 0 Å². The van der Waals surface area contributed by atoms with Crippen molar-refractivity contribution in [2.24, 2.45) is 11.8 Å². The van der Waals surface area contributed by atoms with Crippen molar-refractivity contribution in [1.82, 2.24) is 9.80 Å². The molecule has 18 heavy (non-hydrogen) atoms. The molecular formula is C14H24N2O2. The average molecular weight is 252 g/mol. The zero-order valence-electron chi connectivity index (χ0n) is 11.7. The van der Waals surface area contributed by atoms with Crippen LogP contribution in [0.2, 0.25) is 0 Å². The van der Waals surface area contributed by atoms with Gasteiger partial charge < -0.3 is 9.80 Å². The van der Waals surface area contributed by atoms with E-state index in [2.05, 4.69) is 6.92 Å². The molecule has 0 radical (unpaired) electrons. The van der Waals surface area contributed by atoms with E-state index in [1.54, 1.807) is 4.90 Å². The molecule has 2 amide bonds. The summed E-state index contributed by atoms with van der Waals surface area (Å²) >= 11 is 0. The second-order valence-electron chi connectivity index (χ2n) is 6.00. The van der Waals surface area contributed by atoms with E-state index in [-0.39, 0.29) is 23.8 Å². The lowest BCUT2D eigenvalue weighted by atomic mass is 9.97. The predicted molar refractivity (Wildman–Crippen MR) is 69.9 cm³/mol. The van der Waals surface area contributed by atoms with E-state index >= 15 is 0 Å². The Hall–Kier alpha value is -1.06. The van der Waals surface area contributed by atoms with Crippen molar-refractivity contribution < 1.29 is 9.59 Å². The second kappa shape index (κ2) is 5.29. The molecule has 2 saturated heterocycles. The normalized spacial score (nSPS) is 30.1. The lowest BCUT2D eigenvalue weighted by Crippen LogP contribution is -2.39. The highest BCUT2D eigenvalue weighted by atomic mass is 16.2. The highest BCUT2D eigenvalue weighted by molar-refractivity contribution is 5.87. The summed E-state index contributed by atoms with van der Waals surface area (Å²) < 4.78 is 0. The summed E-state index contributed by atoms with van der Waals surface area (Å²) in [6.07, 6.45) is 3.43. The third-order valence-corrected chi connectivity index (χ3v) is 4.54. The molecule has 2 atom stereocenters. The first-order valence-corrected chi connectivity index (χ1v) is 7.03. The van der Waals surface area contributed by atoms with Gasteiger partial charge in [0, 0.05) is 38.5 Å². The van der Waals surface area contributed by atoms with E-state index in [0.717, 1.165) is 38.3 Å². The van der Waals surface area contributed by atoms with Crippen LogP contribution in [0.1, 0.15) is 39.5 Å². The van der Waals surface area contributed by atoms with Crippen molar-refractivity contribution in [3.8, 4) is 0 Å². The number of nitrogens with zero attached hydrogens (tertiary/aromatic N) is 2. The zero-order chi connectivity index (χ0) is 13.3. The number of rotatable bonds is 2. The molecule has 0 bridgehead atoms. The van der Waals surface area contributed by atoms with Gasteiger partial charge in [-0.2, -0.15) is 0 Å². The maximum absolute atomic E-state index is 12.2. The number of carbonyl (C=O) groups excluding carboxylic acids is 2. The smallest absolute Gasteiger partial charge is 0.226 e. The van der Waals surface area contributed by atoms with Gasteiger partial charge in [-0.05, 0) is 32.1 Å². The molecule has 2 rings (SSSR count). The van der Waals surface area contributed by atoms with E-state index in [0.29, 0.717) is 6.42 Å². The lowest BCUT2D eigenvalue weighted by Gasteiger charge is -2.30. The Labute approximate surface area is 109 Å². The van der Waals surface area contributed by atoms with Crippen LogP contribution >= 0.6 is 0 Å². The van der Waals surface area contributed by atoms with Gasteiger partial charge in [0.2, 0.25) is 11.8 Å². The maximum Gasteiger partial charge on any atom is 0.226 e. The van der Waals surface area contributed by atoms with E-state index in [1.165, 1.54) is 0 Å². The topological polar surface area (TPSA) is 40.6 Å². The van der Waals surface area contributed by atoms with Crippen molar-refractivity contribution in [3.05, 3.63) is 0 Å². The largest absolute Gasteiger partial charge is 0.343 e. The number of hydrogen-bond donors (Lipinski definition) is 0. The molecule has 2 unspecified atom stereocenters. The predicted octanol–water partition coefficient (Wildman–Crippen LogP) is 1.50. The number of piperidine rings is 1. The molecule has 4 nitrogen and oxygen atoms in total. The highest BCUT2D eigenvalue weighted by Gasteiger charge is 2.36. The average Bonchev–Trinajstić information content (AvgIpc) is 2.58. The SMILES string of the molecule is CC1CCN(C(=O)CC2CC(C)N(C)C2=O)CC1. The molecule has 0 N–H and O–H groups in total. The molecule has 2 aliphatic rings. The van der Waals surface area contributed by atoms with Crippen LogP contribution in [0.5, 0.6) is 0 Å². The van der Waals surface area contributed by atoms with Gasteiger partial charge in [-0.3, -0.25) is 9.59 Å². The van der Waals surface area contributed by atoms with Gasteiger partial charge in [0.1, 0.15) is 0 Å². The van der Waals surface area contributed by atoms with Gasteiger partial charge in [-0.15, -0.1) is 0 Å². The molecule has 2 heterocycles. The van der Waals surface area contributed by atoms with Crippen LogP contribution in [0.15, 0.2) is 0 Å². The van der Waals surface area contributed by atoms with Crippen molar-refractivity contribution >= 4 is 11.8 Å². The summed E-state index contributed by atoms with van der Waals surface area (Å²) in [5, 5.41) is 0. The third kappa shape index (κ3) is 2.68. The molecule has 0 aliphatic carbocycles. The summed E-state index contributed by atoms with van der Waals surface area (Å²) in [6.45, 7) is 6.02. The monoisotopic (exact) mass is 252 g/mol. The summed E-state index contributed by atoms with van der Waals surface area (Å²) in [5.74, 6) is 0.953. The second-order valence-corrected chi connectivity index (χ2v) is 6.00. The van der Waals surface area contributed by atoms with Crippen LogP contribution in [-0.2, 0) is 9.59 Å². The maximum atomic E-state index is 12.2. The van der Waals surface area contributed by atoms with Crippen molar-refractivity contribution in [2.75, 3.05) is 20.1 Å². The summed E-state index contributed by atoms with van der Waals surface area (Å²) in [5.41, 5.74) is 0. The minimum absolute atomic E-state index is 0.0862. The molecule has 4 heteroatoms. The van der Waals surface area contributed by atoms with Crippen LogP contribution in [-0.4, -0.2) is 47.8 Å². The summed E-state index contributed by atoms with van der Waals surface area (Å²) in [7, 11) is 1.83. The van der Waals surface area contributed by atoms with Crippen LogP contribution in [0.3, 0.4) is 0 Å². The number of likely N-dealkylation sites (tertiary alicyclic amines) is 2. The number of amides is 2. The first-order chi connectivity index (χ1) is 8.49. The highest BCUT2D eigenvalue weighted by Crippen LogP contribution is 2.27. The fourth-order valence-electron chi connectivity index (χ4n) is 2.94. The fraction of sp³-hybridized carbons (Fsp3) is 0.857. The number of hydrogen-bond acceptors (Lipinski definition) is 2. The van der Waals surface area contributed by atoms with Gasteiger partial charge in [-0.25, -0.2) is 0 Å². The Morgan fingerprint density at radius 3 is 2.39 bits per heavy atom. The summed E-state index contributed by atoms with van der Waals surface area (Å²) in [6, 6.07) is 0.275. The van der Waals surface area contributed by atoms with Crippen molar-refractivity contribution in [2.45, 2.75) is 45.6 Å². The lowest BCUT2D eigenvalue weighted by molar-refractivity contribution is -0.138. The van der Waals surface area contributed by atoms with Gasteiger partial charge in [-0.1, -0.05) is 6.92 Å². The minimum atomic E-state index is -0.0862. The van der Waals surface area contributed by atoms with Crippen LogP contribution in [0.4, 0.5) is 0 Å². The van der Waals surface area contributed by atoms with Crippen LogP contribution in [0, 0.1) is 11.8 Å². The molecule has 0 saturated carbocycles. The molecule has 2 fully saturated rings. The first kappa shape index (κ1) is 13.4. The van der Waals surface area contributed by atoms with Crippen LogP contribution < -0.4 is 0 Å². The summed E-state index contributed by atoms with van der Waals surface area (Å²) in [4.78, 5) is 27.8. The standard InChI is InChI=1S/C14H24N2O2/c1-10-4-6-16(7-5-10)13(17)9-12-8-11(2)15(3)14(12)18/h10-12H,4-9H2,1-3H3. The molecule has 102 valence electrons. The van der Waals surface area contributed by atoms with Crippen LogP contribution in [0.25, 0.3) is 0 Å². The molecule has 2 aliphatic heterocycles. The van der Waals surface area contributed by atoms with E-state index in [4.69, 9.17) is 0 Å². The Morgan fingerprint density at radius 2 is 1.89 bits per heavy atom. The fourth-order valence-corrected chi connectivity index (χ4v) is 2.94. The molecule has 0 aromatic rings. The van der Waals surface area contributed by atoms with Gasteiger partial charge in [0.15, 0.2) is 0 Å². The Morgan fingerprint density at radius 1 is 1.28 bits per heavy atom. The minimum Gasteiger partial charge on any atom is -0.343 e. The molecule has 0 aromatic heterocycles. The van der Waals surface area contributed by atoms with E-state index in [1.807, 2.05) is 18.9 Å². The molecule has 0 aromatic carbocycles. The molecular weight excluding hydrogens is 228 g/mol. The Bertz CT molecular complexity index is 335. The van der Waals surface area contributed by atoms with Gasteiger partial charge in [0.25, 0.3) is 0 Å². The Balaban J connectivity index is 1.86. The van der Waals surface area contributed by atoms with Gasteiger partial charge in [0.05, 0.1) is 0 Å². The van der Waals surface area contributed by atoms with Crippen molar-refractivity contribution in [3.63, 3.8) is 0 Å². The van der Waals surface area contributed by atoms with E-state index < -0.39 is 0 Å². The third-order valence-electron chi connectivity index (χ3n) is 4.54. The zero-order valence-corrected chi connectivity index (χ0v) is 11.7. The molecule has 0 spiro atoms. The van der Waals surface area contributed by atoms with Gasteiger partial charge >= 0.3 is 0 Å². The first-order valence-electron chi connectivity index (χ1n) is 7.03. The quantitative estimate of drug-likeness (QED) is 0.747. The number of carbonyl (C=O) groups is 2. The Kier molecular flexibility index (Phi) is 3.93. The van der Waals surface area contributed by atoms with E-state index in [9.17, 15) is 9.59 Å².